The zero-order valence-electron chi connectivity index (χ0n) is 15.6. The van der Waals surface area contributed by atoms with Crippen molar-refractivity contribution in [1.82, 2.24) is 9.88 Å². The van der Waals surface area contributed by atoms with Crippen molar-refractivity contribution < 1.29 is 23.5 Å². The molecule has 0 aliphatic carbocycles. The van der Waals surface area contributed by atoms with Gasteiger partial charge in [-0.15, -0.1) is 0 Å². The van der Waals surface area contributed by atoms with Gasteiger partial charge in [0.1, 0.15) is 17.4 Å². The fourth-order valence-electron chi connectivity index (χ4n) is 3.51. The quantitative estimate of drug-likeness (QED) is 0.404. The zero-order valence-corrected chi connectivity index (χ0v) is 15.6. The summed E-state index contributed by atoms with van der Waals surface area (Å²) in [5.41, 5.74) is 0.615. The number of aliphatic hydroxyl groups is 1. The van der Waals surface area contributed by atoms with Crippen LogP contribution in [0.2, 0.25) is 0 Å². The maximum absolute atomic E-state index is 14.7. The molecule has 1 N–H and O–H groups in total. The van der Waals surface area contributed by atoms with Crippen molar-refractivity contribution in [3.8, 4) is 0 Å². The number of hydrogen-bond acceptors (Lipinski definition) is 4. The molecule has 0 spiro atoms. The van der Waals surface area contributed by atoms with Crippen molar-refractivity contribution in [1.29, 1.82) is 0 Å². The summed E-state index contributed by atoms with van der Waals surface area (Å²) in [6, 6.07) is 12.8. The molecular weight excluding hydrogens is 390 g/mol. The minimum Gasteiger partial charge on any atom is -0.507 e. The van der Waals surface area contributed by atoms with Gasteiger partial charge in [0.15, 0.2) is 0 Å². The van der Waals surface area contributed by atoms with E-state index in [0.29, 0.717) is 5.56 Å². The summed E-state index contributed by atoms with van der Waals surface area (Å²) in [5, 5.41) is 10.8. The summed E-state index contributed by atoms with van der Waals surface area (Å²) in [6.45, 7) is -0.00237. The summed E-state index contributed by atoms with van der Waals surface area (Å²) in [6.07, 6.45) is 3.11. The first-order valence-corrected chi connectivity index (χ1v) is 9.15. The molecule has 7 heteroatoms. The van der Waals surface area contributed by atoms with Gasteiger partial charge in [-0.1, -0.05) is 24.3 Å². The van der Waals surface area contributed by atoms with E-state index in [1.165, 1.54) is 41.4 Å². The molecule has 5 nitrogen and oxygen atoms in total. The number of pyridine rings is 1. The summed E-state index contributed by atoms with van der Waals surface area (Å²) < 4.78 is 28.0. The standard InChI is InChI=1S/C23H16F2N2O3/c24-16-9-7-15(8-10-16)21(28)19-20(17-5-1-2-6-18(17)25)27(23(30)22(19)29)13-14-4-3-11-26-12-14/h1-12,20,28H,13H2. The lowest BCUT2D eigenvalue weighted by molar-refractivity contribution is -0.140. The molecule has 0 saturated carbocycles. The van der Waals surface area contributed by atoms with E-state index in [4.69, 9.17) is 0 Å². The molecule has 3 aromatic rings. The van der Waals surface area contributed by atoms with Crippen molar-refractivity contribution >= 4 is 17.4 Å². The van der Waals surface area contributed by atoms with Gasteiger partial charge in [-0.25, -0.2) is 8.78 Å². The van der Waals surface area contributed by atoms with Crippen LogP contribution in [0.25, 0.3) is 5.76 Å². The number of likely N-dealkylation sites (tertiary alicyclic amines) is 1. The highest BCUT2D eigenvalue weighted by Gasteiger charge is 2.46. The van der Waals surface area contributed by atoms with Crippen LogP contribution in [0.1, 0.15) is 22.7 Å². The van der Waals surface area contributed by atoms with E-state index in [1.54, 1.807) is 24.4 Å². The maximum Gasteiger partial charge on any atom is 0.295 e. The van der Waals surface area contributed by atoms with Crippen LogP contribution in [-0.4, -0.2) is 26.7 Å². The second kappa shape index (κ2) is 7.87. The van der Waals surface area contributed by atoms with Gasteiger partial charge in [0, 0.05) is 30.1 Å². The number of Topliss-reactive ketones (excluding diaryl/α,β-unsaturated/α-hetero) is 1. The van der Waals surface area contributed by atoms with Crippen LogP contribution >= 0.6 is 0 Å². The molecule has 0 bridgehead atoms. The molecule has 1 fully saturated rings. The van der Waals surface area contributed by atoms with E-state index in [1.807, 2.05) is 0 Å². The molecule has 1 unspecified atom stereocenters. The third kappa shape index (κ3) is 3.45. The highest BCUT2D eigenvalue weighted by molar-refractivity contribution is 6.46. The molecule has 1 aliphatic rings. The maximum atomic E-state index is 14.7. The highest BCUT2D eigenvalue weighted by Crippen LogP contribution is 2.41. The minimum atomic E-state index is -1.14. The molecular formula is C23H16F2N2O3. The van der Waals surface area contributed by atoms with Gasteiger partial charge in [0.2, 0.25) is 0 Å². The van der Waals surface area contributed by atoms with Crippen molar-refractivity contribution in [3.63, 3.8) is 0 Å². The van der Waals surface area contributed by atoms with Crippen LogP contribution in [0.4, 0.5) is 8.78 Å². The summed E-state index contributed by atoms with van der Waals surface area (Å²) in [7, 11) is 0. The Hall–Kier alpha value is -3.87. The van der Waals surface area contributed by atoms with Crippen molar-refractivity contribution in [2.45, 2.75) is 12.6 Å². The first-order chi connectivity index (χ1) is 14.5. The Morgan fingerprint density at radius 3 is 2.40 bits per heavy atom. The number of aromatic nitrogens is 1. The van der Waals surface area contributed by atoms with Gasteiger partial charge in [0.25, 0.3) is 11.7 Å². The smallest absolute Gasteiger partial charge is 0.295 e. The molecule has 1 amide bonds. The third-order valence-electron chi connectivity index (χ3n) is 4.93. The van der Waals surface area contributed by atoms with E-state index in [0.717, 1.165) is 12.1 Å². The van der Waals surface area contributed by atoms with Gasteiger partial charge in [-0.05, 0) is 42.0 Å². The number of nitrogens with zero attached hydrogens (tertiary/aromatic N) is 2. The van der Waals surface area contributed by atoms with E-state index in [-0.39, 0.29) is 23.2 Å². The Balaban J connectivity index is 1.88. The van der Waals surface area contributed by atoms with Gasteiger partial charge in [-0.3, -0.25) is 14.6 Å². The third-order valence-corrected chi connectivity index (χ3v) is 4.93. The molecule has 1 aromatic heterocycles. The predicted octanol–water partition coefficient (Wildman–Crippen LogP) is 3.98. The Morgan fingerprint density at radius 1 is 1.00 bits per heavy atom. The number of benzene rings is 2. The monoisotopic (exact) mass is 406 g/mol. The van der Waals surface area contributed by atoms with Crippen LogP contribution < -0.4 is 0 Å². The molecule has 0 radical (unpaired) electrons. The number of carbonyl (C=O) groups is 2. The molecule has 4 rings (SSSR count). The fourth-order valence-corrected chi connectivity index (χ4v) is 3.51. The number of carbonyl (C=O) groups excluding carboxylic acids is 2. The first kappa shape index (κ1) is 19.4. The Labute approximate surface area is 170 Å². The van der Waals surface area contributed by atoms with Crippen molar-refractivity contribution in [3.05, 3.63) is 107 Å². The lowest BCUT2D eigenvalue weighted by Crippen LogP contribution is -2.29. The second-order valence-corrected chi connectivity index (χ2v) is 6.82. The molecule has 1 aliphatic heterocycles. The summed E-state index contributed by atoms with van der Waals surface area (Å²) in [5.74, 6) is -3.43. The van der Waals surface area contributed by atoms with Gasteiger partial charge in [0.05, 0.1) is 11.6 Å². The zero-order chi connectivity index (χ0) is 21.3. The molecule has 30 heavy (non-hydrogen) atoms. The average molecular weight is 406 g/mol. The predicted molar refractivity (Wildman–Crippen MR) is 105 cm³/mol. The number of hydrogen-bond donors (Lipinski definition) is 1. The summed E-state index contributed by atoms with van der Waals surface area (Å²) >= 11 is 0. The Kier molecular flexibility index (Phi) is 5.10. The van der Waals surface area contributed by atoms with E-state index >= 15 is 0 Å². The van der Waals surface area contributed by atoms with Crippen LogP contribution in [-0.2, 0) is 16.1 Å². The Morgan fingerprint density at radius 2 is 1.73 bits per heavy atom. The van der Waals surface area contributed by atoms with E-state index < -0.39 is 35.1 Å². The summed E-state index contributed by atoms with van der Waals surface area (Å²) in [4.78, 5) is 30.9. The van der Waals surface area contributed by atoms with Crippen LogP contribution in [0.3, 0.4) is 0 Å². The first-order valence-electron chi connectivity index (χ1n) is 9.15. The molecule has 1 saturated heterocycles. The Bertz CT molecular complexity index is 1140. The molecule has 1 atom stereocenters. The van der Waals surface area contributed by atoms with Crippen LogP contribution in [0.5, 0.6) is 0 Å². The van der Waals surface area contributed by atoms with E-state index in [9.17, 15) is 23.5 Å². The molecule has 2 aromatic carbocycles. The van der Waals surface area contributed by atoms with Gasteiger partial charge < -0.3 is 10.0 Å². The normalized spacial score (nSPS) is 18.1. The van der Waals surface area contributed by atoms with E-state index in [2.05, 4.69) is 4.98 Å². The fraction of sp³-hybridized carbons (Fsp3) is 0.0870. The SMILES string of the molecule is O=C1C(=O)N(Cc2cccnc2)C(c2ccccc2F)C1=C(O)c1ccc(F)cc1. The van der Waals surface area contributed by atoms with Crippen LogP contribution in [0.15, 0.2) is 78.6 Å². The lowest BCUT2D eigenvalue weighted by atomic mass is 9.95. The molecule has 2 heterocycles. The number of aliphatic hydroxyl groups excluding tert-OH is 1. The number of amides is 1. The largest absolute Gasteiger partial charge is 0.507 e. The number of rotatable bonds is 4. The molecule has 150 valence electrons. The van der Waals surface area contributed by atoms with Crippen molar-refractivity contribution in [2.24, 2.45) is 0 Å². The van der Waals surface area contributed by atoms with Crippen molar-refractivity contribution in [2.75, 3.05) is 0 Å². The number of halogens is 2. The van der Waals surface area contributed by atoms with Crippen LogP contribution in [0, 0.1) is 11.6 Å². The highest BCUT2D eigenvalue weighted by atomic mass is 19.1. The average Bonchev–Trinajstić information content (AvgIpc) is 3.00. The number of ketones is 1. The minimum absolute atomic E-state index is 0.00237. The van der Waals surface area contributed by atoms with Gasteiger partial charge in [-0.2, -0.15) is 0 Å². The van der Waals surface area contributed by atoms with Gasteiger partial charge >= 0.3 is 0 Å². The second-order valence-electron chi connectivity index (χ2n) is 6.82. The lowest BCUT2D eigenvalue weighted by Gasteiger charge is -2.25. The topological polar surface area (TPSA) is 70.5 Å².